The highest BCUT2D eigenvalue weighted by Crippen LogP contribution is 2.29. The molecule has 0 atom stereocenters. The molecule has 0 aliphatic carbocycles. The maximum Gasteiger partial charge on any atom is 0.210 e. The van der Waals surface area contributed by atoms with Gasteiger partial charge in [0.25, 0.3) is 0 Å². The van der Waals surface area contributed by atoms with E-state index in [9.17, 15) is 0 Å². The molecule has 27 heavy (non-hydrogen) atoms. The zero-order chi connectivity index (χ0) is 18.2. The molecule has 0 unspecified atom stereocenters. The van der Waals surface area contributed by atoms with E-state index in [4.69, 9.17) is 4.74 Å². The van der Waals surface area contributed by atoms with E-state index in [0.717, 1.165) is 41.2 Å². The number of nitrogens with one attached hydrogen (secondary N) is 1. The molecule has 7 nitrogen and oxygen atoms in total. The third-order valence-corrected chi connectivity index (χ3v) is 4.91. The lowest BCUT2D eigenvalue weighted by Crippen LogP contribution is -2.08. The predicted octanol–water partition coefficient (Wildman–Crippen LogP) is 3.04. The molecule has 0 bridgehead atoms. The van der Waals surface area contributed by atoms with Crippen LogP contribution in [-0.4, -0.2) is 31.2 Å². The van der Waals surface area contributed by atoms with Gasteiger partial charge in [-0.2, -0.15) is 0 Å². The van der Waals surface area contributed by atoms with Gasteiger partial charge in [-0.15, -0.1) is 10.2 Å². The van der Waals surface area contributed by atoms with Crippen LogP contribution in [-0.2, 0) is 13.0 Å². The monoisotopic (exact) mass is 358 g/mol. The van der Waals surface area contributed by atoms with Gasteiger partial charge in [0.2, 0.25) is 5.95 Å². The number of pyridine rings is 1. The number of hydrogen-bond donors (Lipinski definition) is 1. The first kappa shape index (κ1) is 15.7. The second-order valence-corrected chi connectivity index (χ2v) is 6.50. The number of ether oxygens (including phenoxy) is 1. The number of aromatic nitrogens is 5. The average Bonchev–Trinajstić information content (AvgIpc) is 3.36. The highest BCUT2D eigenvalue weighted by atomic mass is 16.5. The Kier molecular flexibility index (Phi) is 3.71. The van der Waals surface area contributed by atoms with E-state index in [-0.39, 0.29) is 0 Å². The van der Waals surface area contributed by atoms with Crippen LogP contribution in [0.2, 0.25) is 0 Å². The summed E-state index contributed by atoms with van der Waals surface area (Å²) in [6.07, 6.45) is 6.24. The van der Waals surface area contributed by atoms with Crippen molar-refractivity contribution in [2.45, 2.75) is 19.9 Å². The molecule has 134 valence electrons. The molecule has 0 saturated carbocycles. The Labute approximate surface area is 156 Å². The highest BCUT2D eigenvalue weighted by Gasteiger charge is 2.17. The minimum atomic E-state index is 0.665. The van der Waals surface area contributed by atoms with Gasteiger partial charge >= 0.3 is 0 Å². The zero-order valence-electron chi connectivity index (χ0n) is 14.9. The molecule has 7 heteroatoms. The number of hydrogen-bond acceptors (Lipinski definition) is 6. The number of rotatable bonds is 4. The van der Waals surface area contributed by atoms with Crippen LogP contribution in [0.15, 0.2) is 49.1 Å². The van der Waals surface area contributed by atoms with Gasteiger partial charge in [0.05, 0.1) is 6.61 Å². The summed E-state index contributed by atoms with van der Waals surface area (Å²) in [5.74, 6) is 1.69. The van der Waals surface area contributed by atoms with Crippen molar-refractivity contribution >= 4 is 11.6 Å². The Morgan fingerprint density at radius 2 is 2.11 bits per heavy atom. The van der Waals surface area contributed by atoms with E-state index in [2.05, 4.69) is 31.5 Å². The standard InChI is InChI=1S/C20H18N6O/c1-13-15(5-3-8-21-13)17-11-23-20(26-12-24-25-19(17)26)22-10-14-4-2-6-18-16(14)7-9-27-18/h2-6,8,11-12H,7,9-10H2,1H3,(H,22,23). The lowest BCUT2D eigenvalue weighted by atomic mass is 10.1. The van der Waals surface area contributed by atoms with Gasteiger partial charge in [-0.1, -0.05) is 18.2 Å². The van der Waals surface area contributed by atoms with Crippen LogP contribution in [0.4, 0.5) is 5.95 Å². The van der Waals surface area contributed by atoms with E-state index in [1.54, 1.807) is 12.5 Å². The van der Waals surface area contributed by atoms with Crippen molar-refractivity contribution in [3.8, 4) is 16.9 Å². The molecule has 1 aliphatic rings. The fraction of sp³-hybridized carbons (Fsp3) is 0.200. The molecule has 0 spiro atoms. The molecule has 1 N–H and O–H groups in total. The van der Waals surface area contributed by atoms with Gasteiger partial charge in [-0.3, -0.25) is 9.38 Å². The van der Waals surface area contributed by atoms with Crippen LogP contribution in [0, 0.1) is 6.92 Å². The molecule has 5 rings (SSSR count). The van der Waals surface area contributed by atoms with Crippen molar-refractivity contribution in [2.75, 3.05) is 11.9 Å². The molecule has 0 amide bonds. The molecule has 1 aliphatic heterocycles. The number of anilines is 1. The number of nitrogens with zero attached hydrogens (tertiary/aromatic N) is 5. The molecular formula is C20H18N6O. The number of aryl methyl sites for hydroxylation is 1. The second-order valence-electron chi connectivity index (χ2n) is 6.50. The third kappa shape index (κ3) is 2.68. The Hall–Kier alpha value is -3.48. The fourth-order valence-corrected chi connectivity index (χ4v) is 3.54. The van der Waals surface area contributed by atoms with E-state index >= 15 is 0 Å². The largest absolute Gasteiger partial charge is 0.493 e. The van der Waals surface area contributed by atoms with Crippen LogP contribution in [0.25, 0.3) is 16.8 Å². The zero-order valence-corrected chi connectivity index (χ0v) is 14.9. The first-order valence-electron chi connectivity index (χ1n) is 8.89. The molecule has 0 radical (unpaired) electrons. The van der Waals surface area contributed by atoms with Gasteiger partial charge in [0.1, 0.15) is 12.1 Å². The van der Waals surface area contributed by atoms with E-state index in [1.807, 2.05) is 41.8 Å². The Balaban J connectivity index is 1.49. The molecule has 0 fully saturated rings. The summed E-state index contributed by atoms with van der Waals surface area (Å²) in [4.78, 5) is 8.98. The molecule has 4 heterocycles. The van der Waals surface area contributed by atoms with Crippen molar-refractivity contribution in [1.82, 2.24) is 24.6 Å². The summed E-state index contributed by atoms with van der Waals surface area (Å²) in [5, 5.41) is 11.8. The average molecular weight is 358 g/mol. The van der Waals surface area contributed by atoms with E-state index in [0.29, 0.717) is 12.5 Å². The predicted molar refractivity (Wildman–Crippen MR) is 102 cm³/mol. The molecular weight excluding hydrogens is 340 g/mol. The van der Waals surface area contributed by atoms with Crippen molar-refractivity contribution < 1.29 is 4.74 Å². The summed E-state index contributed by atoms with van der Waals surface area (Å²) < 4.78 is 7.53. The SMILES string of the molecule is Cc1ncccc1-c1cnc(NCc2cccc3c2CCO3)n2cnnc12. The maximum absolute atomic E-state index is 5.65. The molecule has 1 aromatic carbocycles. The van der Waals surface area contributed by atoms with Crippen LogP contribution < -0.4 is 10.1 Å². The summed E-state index contributed by atoms with van der Waals surface area (Å²) in [7, 11) is 0. The Morgan fingerprint density at radius 1 is 1.15 bits per heavy atom. The second kappa shape index (κ2) is 6.35. The maximum atomic E-state index is 5.65. The quantitative estimate of drug-likeness (QED) is 0.604. The summed E-state index contributed by atoms with van der Waals surface area (Å²) in [6, 6.07) is 10.1. The minimum Gasteiger partial charge on any atom is -0.493 e. The van der Waals surface area contributed by atoms with Crippen molar-refractivity contribution in [2.24, 2.45) is 0 Å². The Bertz CT molecular complexity index is 1140. The highest BCUT2D eigenvalue weighted by molar-refractivity contribution is 5.78. The van der Waals surface area contributed by atoms with E-state index in [1.165, 1.54) is 11.1 Å². The molecule has 3 aromatic heterocycles. The van der Waals surface area contributed by atoms with Gasteiger partial charge in [0.15, 0.2) is 5.65 Å². The first-order chi connectivity index (χ1) is 13.3. The normalized spacial score (nSPS) is 12.8. The topological polar surface area (TPSA) is 77.2 Å². The van der Waals surface area contributed by atoms with Gasteiger partial charge in [-0.05, 0) is 24.6 Å². The van der Waals surface area contributed by atoms with Crippen molar-refractivity contribution in [3.63, 3.8) is 0 Å². The third-order valence-electron chi connectivity index (χ3n) is 4.91. The van der Waals surface area contributed by atoms with Gasteiger partial charge in [-0.25, -0.2) is 4.98 Å². The van der Waals surface area contributed by atoms with Crippen LogP contribution in [0.1, 0.15) is 16.8 Å². The first-order valence-corrected chi connectivity index (χ1v) is 8.89. The smallest absolute Gasteiger partial charge is 0.210 e. The van der Waals surface area contributed by atoms with Gasteiger partial charge in [0, 0.05) is 47.7 Å². The molecule has 4 aromatic rings. The molecule has 0 saturated heterocycles. The van der Waals surface area contributed by atoms with Crippen molar-refractivity contribution in [1.29, 1.82) is 0 Å². The summed E-state index contributed by atoms with van der Waals surface area (Å²) in [5.41, 5.74) is 6.10. The lowest BCUT2D eigenvalue weighted by molar-refractivity contribution is 0.357. The fourth-order valence-electron chi connectivity index (χ4n) is 3.54. The van der Waals surface area contributed by atoms with Crippen LogP contribution in [0.3, 0.4) is 0 Å². The van der Waals surface area contributed by atoms with Crippen LogP contribution >= 0.6 is 0 Å². The number of benzene rings is 1. The van der Waals surface area contributed by atoms with Crippen molar-refractivity contribution in [3.05, 3.63) is 65.9 Å². The van der Waals surface area contributed by atoms with Crippen LogP contribution in [0.5, 0.6) is 5.75 Å². The Morgan fingerprint density at radius 3 is 3.04 bits per heavy atom. The lowest BCUT2D eigenvalue weighted by Gasteiger charge is -2.12. The summed E-state index contributed by atoms with van der Waals surface area (Å²) in [6.45, 7) is 3.39. The van der Waals surface area contributed by atoms with E-state index < -0.39 is 0 Å². The number of fused-ring (bicyclic) bond motifs is 2. The summed E-state index contributed by atoms with van der Waals surface area (Å²) >= 11 is 0. The van der Waals surface area contributed by atoms with Gasteiger partial charge < -0.3 is 10.1 Å². The minimum absolute atomic E-state index is 0.665.